The molecule has 14 heavy (non-hydrogen) atoms. The average Bonchev–Trinajstić information content (AvgIpc) is 2.17. The normalized spacial score (nSPS) is 10.1. The molecule has 4 N–H and O–H groups in total. The van der Waals surface area contributed by atoms with Gasteiger partial charge >= 0.3 is 0 Å². The second kappa shape index (κ2) is 12.1. The Morgan fingerprint density at radius 3 is 2.29 bits per heavy atom. The summed E-state index contributed by atoms with van der Waals surface area (Å²) in [7, 11) is 0. The Kier molecular flexibility index (Phi) is 13.4. The Labute approximate surface area is 87.6 Å². The van der Waals surface area contributed by atoms with Crippen LogP contribution >= 0.6 is 0 Å². The van der Waals surface area contributed by atoms with Crippen molar-refractivity contribution in [2.24, 2.45) is 5.84 Å². The third kappa shape index (κ3) is 13.6. The van der Waals surface area contributed by atoms with Crippen molar-refractivity contribution < 1.29 is 0 Å². The molecule has 0 atom stereocenters. The van der Waals surface area contributed by atoms with Crippen molar-refractivity contribution in [3.63, 3.8) is 0 Å². The Morgan fingerprint density at radius 2 is 1.86 bits per heavy atom. The minimum Gasteiger partial charge on any atom is -0.317 e. The zero-order chi connectivity index (χ0) is 11.4. The number of nitrogens with one attached hydrogen (secondary N) is 2. The maximum absolute atomic E-state index is 5.50. The highest BCUT2D eigenvalue weighted by Gasteiger charge is 1.87. The van der Waals surface area contributed by atoms with Crippen LogP contribution in [0.25, 0.3) is 0 Å². The van der Waals surface area contributed by atoms with Crippen molar-refractivity contribution in [3.05, 3.63) is 23.3 Å². The fourth-order valence-electron chi connectivity index (χ4n) is 0.924. The van der Waals surface area contributed by atoms with Crippen LogP contribution in [0.4, 0.5) is 0 Å². The highest BCUT2D eigenvalue weighted by molar-refractivity contribution is 5.15. The number of hydrogen-bond acceptors (Lipinski definition) is 3. The summed E-state index contributed by atoms with van der Waals surface area (Å²) in [6.45, 7) is 9.65. The van der Waals surface area contributed by atoms with Crippen LogP contribution in [0.5, 0.6) is 0 Å². The molecule has 0 spiro atoms. The molecule has 0 saturated heterocycles. The molecule has 0 aromatic heterocycles. The van der Waals surface area contributed by atoms with E-state index in [0.29, 0.717) is 0 Å². The van der Waals surface area contributed by atoms with Crippen LogP contribution in [0.1, 0.15) is 33.6 Å². The van der Waals surface area contributed by atoms with E-state index in [1.807, 2.05) is 0 Å². The topological polar surface area (TPSA) is 61.9 Å². The van der Waals surface area contributed by atoms with Crippen LogP contribution in [0.3, 0.4) is 0 Å². The predicted molar refractivity (Wildman–Crippen MR) is 64.5 cm³/mol. The molecule has 0 heterocycles. The van der Waals surface area contributed by atoms with Crippen LogP contribution in [-0.4, -0.2) is 13.3 Å². The zero-order valence-electron chi connectivity index (χ0n) is 9.56. The minimum absolute atomic E-state index is 0.765. The van der Waals surface area contributed by atoms with Crippen LogP contribution in [0.15, 0.2) is 23.3 Å². The van der Waals surface area contributed by atoms with Gasteiger partial charge in [-0.3, -0.25) is 11.3 Å². The molecule has 0 bridgehead atoms. The van der Waals surface area contributed by atoms with Gasteiger partial charge in [0.15, 0.2) is 0 Å². The molecule has 82 valence electrons. The molecule has 0 aromatic rings. The van der Waals surface area contributed by atoms with E-state index in [2.05, 4.69) is 45.1 Å². The zero-order valence-corrected chi connectivity index (χ0v) is 9.56. The second-order valence-electron chi connectivity index (χ2n) is 3.28. The maximum atomic E-state index is 5.50. The van der Waals surface area contributed by atoms with Gasteiger partial charge in [-0.1, -0.05) is 23.3 Å². The van der Waals surface area contributed by atoms with Crippen molar-refractivity contribution >= 4 is 6.72 Å². The van der Waals surface area contributed by atoms with Gasteiger partial charge in [0.05, 0.1) is 0 Å². The lowest BCUT2D eigenvalue weighted by Gasteiger charge is -1.98. The Hall–Kier alpha value is -0.930. The maximum Gasteiger partial charge on any atom is 0.0281 e. The first-order valence-electron chi connectivity index (χ1n) is 4.74. The van der Waals surface area contributed by atoms with Crippen LogP contribution in [-0.2, 0) is 0 Å². The molecule has 3 nitrogen and oxygen atoms in total. The first-order chi connectivity index (χ1) is 6.66. The SMILES string of the molecule is C=N.CC(C)=CCC/C(C)=C/CNN. The third-order valence-corrected chi connectivity index (χ3v) is 1.66. The summed E-state index contributed by atoms with van der Waals surface area (Å²) >= 11 is 0. The van der Waals surface area contributed by atoms with Gasteiger partial charge < -0.3 is 5.41 Å². The van der Waals surface area contributed by atoms with E-state index in [4.69, 9.17) is 11.3 Å². The minimum atomic E-state index is 0.765. The lowest BCUT2D eigenvalue weighted by atomic mass is 10.1. The molecule has 0 rings (SSSR count). The highest BCUT2D eigenvalue weighted by Crippen LogP contribution is 2.05. The summed E-state index contributed by atoms with van der Waals surface area (Å²) in [6.07, 6.45) is 6.65. The van der Waals surface area contributed by atoms with Gasteiger partial charge in [-0.25, -0.2) is 0 Å². The molecule has 0 radical (unpaired) electrons. The van der Waals surface area contributed by atoms with Crippen LogP contribution in [0, 0.1) is 5.41 Å². The molecule has 0 saturated carbocycles. The molecule has 0 fully saturated rings. The predicted octanol–water partition coefficient (Wildman–Crippen LogP) is 2.41. The first-order valence-corrected chi connectivity index (χ1v) is 4.74. The lowest BCUT2D eigenvalue weighted by molar-refractivity contribution is 0.812. The molecule has 0 aliphatic rings. The van der Waals surface area contributed by atoms with Gasteiger partial charge in [0.2, 0.25) is 0 Å². The molecule has 0 aromatic carbocycles. The summed E-state index contributed by atoms with van der Waals surface area (Å²) < 4.78 is 0. The van der Waals surface area contributed by atoms with E-state index in [-0.39, 0.29) is 0 Å². The fourth-order valence-corrected chi connectivity index (χ4v) is 0.924. The van der Waals surface area contributed by atoms with E-state index >= 15 is 0 Å². The molecule has 0 amide bonds. The van der Waals surface area contributed by atoms with E-state index in [9.17, 15) is 0 Å². The largest absolute Gasteiger partial charge is 0.317 e. The van der Waals surface area contributed by atoms with Gasteiger partial charge in [-0.2, -0.15) is 0 Å². The summed E-state index contributed by atoms with van der Waals surface area (Å²) in [5, 5.41) is 5.50. The smallest absolute Gasteiger partial charge is 0.0281 e. The van der Waals surface area contributed by atoms with Crippen molar-refractivity contribution in [3.8, 4) is 0 Å². The number of nitrogens with two attached hydrogens (primary N) is 1. The summed E-state index contributed by atoms with van der Waals surface area (Å²) in [4.78, 5) is 0. The average molecular weight is 197 g/mol. The monoisotopic (exact) mass is 197 g/mol. The fraction of sp³-hybridized carbons (Fsp3) is 0.545. The van der Waals surface area contributed by atoms with Crippen molar-refractivity contribution in [2.45, 2.75) is 33.6 Å². The van der Waals surface area contributed by atoms with Gasteiger partial charge in [-0.15, -0.1) is 0 Å². The number of allylic oxidation sites excluding steroid dienone is 3. The second-order valence-corrected chi connectivity index (χ2v) is 3.28. The van der Waals surface area contributed by atoms with E-state index in [0.717, 1.165) is 19.4 Å². The van der Waals surface area contributed by atoms with Crippen LogP contribution in [0.2, 0.25) is 0 Å². The molecule has 3 heteroatoms. The highest BCUT2D eigenvalue weighted by atomic mass is 15.2. The number of hydrogen-bond donors (Lipinski definition) is 3. The van der Waals surface area contributed by atoms with Crippen molar-refractivity contribution in [1.82, 2.24) is 5.43 Å². The Balaban J connectivity index is 0. The third-order valence-electron chi connectivity index (χ3n) is 1.66. The molecular weight excluding hydrogens is 174 g/mol. The lowest BCUT2D eigenvalue weighted by Crippen LogP contribution is -2.21. The van der Waals surface area contributed by atoms with E-state index in [1.165, 1.54) is 11.1 Å². The summed E-state index contributed by atoms with van der Waals surface area (Å²) in [6, 6.07) is 0. The van der Waals surface area contributed by atoms with Gasteiger partial charge in [-0.05, 0) is 40.3 Å². The summed E-state index contributed by atoms with van der Waals surface area (Å²) in [5.41, 5.74) is 5.39. The van der Waals surface area contributed by atoms with Crippen molar-refractivity contribution in [1.29, 1.82) is 5.41 Å². The Bertz CT molecular complexity index is 179. The standard InChI is InChI=1S/C10H20N2.CH3N/c1-9(2)5-4-6-10(3)7-8-12-11;1-2/h5,7,12H,4,6,8,11H2,1-3H3;2H,1H2/b10-7+;. The van der Waals surface area contributed by atoms with Gasteiger partial charge in [0.25, 0.3) is 0 Å². The van der Waals surface area contributed by atoms with Gasteiger partial charge in [0, 0.05) is 6.54 Å². The molecule has 0 aliphatic carbocycles. The summed E-state index contributed by atoms with van der Waals surface area (Å²) in [5.74, 6) is 5.15. The van der Waals surface area contributed by atoms with Gasteiger partial charge in [0.1, 0.15) is 0 Å². The first kappa shape index (κ1) is 15.5. The number of rotatable bonds is 5. The molecule has 0 aliphatic heterocycles. The van der Waals surface area contributed by atoms with E-state index < -0.39 is 0 Å². The Morgan fingerprint density at radius 1 is 1.29 bits per heavy atom. The quantitative estimate of drug-likeness (QED) is 0.274. The van der Waals surface area contributed by atoms with Crippen LogP contribution < -0.4 is 11.3 Å². The van der Waals surface area contributed by atoms with E-state index in [1.54, 1.807) is 0 Å². The number of hydrazine groups is 1. The molecule has 0 unspecified atom stereocenters. The molecular formula is C11H23N3. The van der Waals surface area contributed by atoms with Crippen molar-refractivity contribution in [2.75, 3.05) is 6.54 Å².